The normalized spacial score (nSPS) is 11.1. The van der Waals surface area contributed by atoms with Crippen LogP contribution in [-0.2, 0) is 0 Å². The third-order valence-corrected chi connectivity index (χ3v) is 10.8. The molecule has 2 aromatic heterocycles. The van der Waals surface area contributed by atoms with Gasteiger partial charge in [0.2, 0.25) is 0 Å². The fourth-order valence-corrected chi connectivity index (χ4v) is 7.97. The van der Waals surface area contributed by atoms with Gasteiger partial charge in [-0.3, -0.25) is 4.98 Å². The molecule has 3 heteroatoms. The second-order valence-electron chi connectivity index (χ2n) is 14.3. The molecule has 0 spiro atoms. The van der Waals surface area contributed by atoms with E-state index in [4.69, 9.17) is 9.97 Å². The summed E-state index contributed by atoms with van der Waals surface area (Å²) in [5, 5.41) is 1.12. The first-order valence-electron chi connectivity index (χ1n) is 19.6. The van der Waals surface area contributed by atoms with Crippen molar-refractivity contribution in [1.29, 1.82) is 0 Å². The van der Waals surface area contributed by atoms with E-state index in [1.165, 1.54) is 5.56 Å². The van der Waals surface area contributed by atoms with Gasteiger partial charge in [-0.25, -0.2) is 9.97 Å². The lowest BCUT2D eigenvalue weighted by molar-refractivity contribution is 1.21. The minimum absolute atomic E-state index is 0.814. The highest BCUT2D eigenvalue weighted by Crippen LogP contribution is 2.45. The maximum atomic E-state index is 5.69. The van der Waals surface area contributed by atoms with Crippen LogP contribution >= 0.6 is 0 Å². The summed E-state index contributed by atoms with van der Waals surface area (Å²) in [6, 6.07) is 76.7. The average molecular weight is 740 g/mol. The number of benzene rings is 8. The zero-order valence-corrected chi connectivity index (χ0v) is 31.7. The molecule has 0 bridgehead atoms. The zero-order chi connectivity index (χ0) is 38.7. The van der Waals surface area contributed by atoms with E-state index in [1.54, 1.807) is 0 Å². The number of para-hydroxylation sites is 1. The number of rotatable bonds is 8. The zero-order valence-electron chi connectivity index (χ0n) is 31.7. The average Bonchev–Trinajstić information content (AvgIpc) is 3.32. The first-order valence-corrected chi connectivity index (χ1v) is 19.6. The highest BCUT2D eigenvalue weighted by molar-refractivity contribution is 5.99. The van der Waals surface area contributed by atoms with Crippen molar-refractivity contribution >= 4 is 10.9 Å². The molecule has 0 atom stereocenters. The summed E-state index contributed by atoms with van der Waals surface area (Å²) in [5.74, 6) is 0. The van der Waals surface area contributed by atoms with E-state index < -0.39 is 0 Å². The Morgan fingerprint density at radius 2 is 0.621 bits per heavy atom. The van der Waals surface area contributed by atoms with E-state index in [1.807, 2.05) is 24.4 Å². The molecule has 10 rings (SSSR count). The van der Waals surface area contributed by atoms with E-state index in [0.717, 1.165) is 94.9 Å². The Balaban J connectivity index is 1.27. The van der Waals surface area contributed by atoms with Gasteiger partial charge in [-0.2, -0.15) is 0 Å². The van der Waals surface area contributed by atoms with Crippen LogP contribution in [-0.4, -0.2) is 15.0 Å². The maximum Gasteiger partial charge on any atom is 0.0973 e. The molecule has 0 amide bonds. The number of fused-ring (bicyclic) bond motifs is 1. The number of hydrogen-bond acceptors (Lipinski definition) is 3. The molecule has 0 fully saturated rings. The van der Waals surface area contributed by atoms with Crippen LogP contribution in [0.5, 0.6) is 0 Å². The highest BCUT2D eigenvalue weighted by atomic mass is 14.9. The second-order valence-corrected chi connectivity index (χ2v) is 14.3. The number of aromatic nitrogens is 3. The molecule has 0 aliphatic carbocycles. The van der Waals surface area contributed by atoms with Crippen LogP contribution in [0, 0.1) is 0 Å². The number of pyridine rings is 1. The van der Waals surface area contributed by atoms with Crippen molar-refractivity contribution < 1.29 is 0 Å². The van der Waals surface area contributed by atoms with Crippen LogP contribution in [0.25, 0.3) is 100 Å². The first kappa shape index (κ1) is 34.7. The van der Waals surface area contributed by atoms with E-state index in [0.29, 0.717) is 0 Å². The third kappa shape index (κ3) is 6.65. The van der Waals surface area contributed by atoms with Gasteiger partial charge in [0, 0.05) is 33.8 Å². The molecule has 8 aromatic carbocycles. The Labute approximate surface area is 338 Å². The quantitative estimate of drug-likeness (QED) is 0.156. The Hall–Kier alpha value is -7.75. The predicted octanol–water partition coefficient (Wildman–Crippen LogP) is 14.4. The molecule has 0 saturated carbocycles. The molecule has 3 nitrogen and oxygen atoms in total. The summed E-state index contributed by atoms with van der Waals surface area (Å²) in [6.45, 7) is 0. The topological polar surface area (TPSA) is 38.7 Å². The molecule has 0 radical (unpaired) electrons. The second kappa shape index (κ2) is 15.4. The van der Waals surface area contributed by atoms with Crippen LogP contribution in [0.2, 0.25) is 0 Å². The van der Waals surface area contributed by atoms with E-state index >= 15 is 0 Å². The van der Waals surface area contributed by atoms with Crippen molar-refractivity contribution in [3.05, 3.63) is 225 Å². The molecule has 58 heavy (non-hydrogen) atoms. The van der Waals surface area contributed by atoms with Gasteiger partial charge in [0.15, 0.2) is 0 Å². The Morgan fingerprint density at radius 3 is 1.12 bits per heavy atom. The Kier molecular flexibility index (Phi) is 9.23. The predicted molar refractivity (Wildman–Crippen MR) is 241 cm³/mol. The minimum Gasteiger partial charge on any atom is -0.256 e. The van der Waals surface area contributed by atoms with Crippen LogP contribution in [0.3, 0.4) is 0 Å². The molecule has 0 saturated heterocycles. The van der Waals surface area contributed by atoms with Crippen molar-refractivity contribution in [2.75, 3.05) is 0 Å². The van der Waals surface area contributed by atoms with Crippen molar-refractivity contribution in [1.82, 2.24) is 15.0 Å². The molecule has 0 aliphatic rings. The molecule has 10 aromatic rings. The standard InChI is InChI=1S/C55H37N3/c1-6-18-38(19-7-1)48-36-45(37-49(39-20-8-2-9-21-39)51(48)41-22-10-3-11-23-41)55-54(44-32-30-40(31-33-44)46-34-35-56-50-29-17-16-28-47(46)50)57-52(42-24-12-4-13-25-42)53(58-55)43-26-14-5-15-27-43/h1-37H. The largest absolute Gasteiger partial charge is 0.256 e. The number of hydrogen-bond donors (Lipinski definition) is 0. The number of nitrogens with zero attached hydrogens (tertiary/aromatic N) is 3. The summed E-state index contributed by atoms with van der Waals surface area (Å²) in [6.07, 6.45) is 1.89. The third-order valence-electron chi connectivity index (χ3n) is 10.8. The van der Waals surface area contributed by atoms with Gasteiger partial charge in [-0.15, -0.1) is 0 Å². The van der Waals surface area contributed by atoms with E-state index in [-0.39, 0.29) is 0 Å². The molecule has 2 heterocycles. The van der Waals surface area contributed by atoms with Gasteiger partial charge in [-0.05, 0) is 68.8 Å². The lowest BCUT2D eigenvalue weighted by Gasteiger charge is -2.21. The van der Waals surface area contributed by atoms with Gasteiger partial charge < -0.3 is 0 Å². The highest BCUT2D eigenvalue weighted by Gasteiger charge is 2.23. The maximum absolute atomic E-state index is 5.69. The van der Waals surface area contributed by atoms with Crippen molar-refractivity contribution in [2.24, 2.45) is 0 Å². The SMILES string of the molecule is c1ccc(-c2cc(-c3nc(-c4ccccc4)c(-c4ccccc4)nc3-c3ccc(-c4ccnc5ccccc45)cc3)cc(-c3ccccc3)c2-c2ccccc2)cc1. The molecule has 0 N–H and O–H groups in total. The van der Waals surface area contributed by atoms with Gasteiger partial charge in [0.05, 0.1) is 28.3 Å². The first-order chi connectivity index (χ1) is 28.8. The Morgan fingerprint density at radius 1 is 0.259 bits per heavy atom. The summed E-state index contributed by atoms with van der Waals surface area (Å²) in [7, 11) is 0. The Bertz CT molecular complexity index is 2940. The van der Waals surface area contributed by atoms with Gasteiger partial charge in [0.25, 0.3) is 0 Å². The lowest BCUT2D eigenvalue weighted by Crippen LogP contribution is -2.02. The van der Waals surface area contributed by atoms with Crippen LogP contribution in [0.4, 0.5) is 0 Å². The van der Waals surface area contributed by atoms with E-state index in [2.05, 4.69) is 205 Å². The van der Waals surface area contributed by atoms with E-state index in [9.17, 15) is 0 Å². The van der Waals surface area contributed by atoms with Crippen molar-refractivity contribution in [3.63, 3.8) is 0 Å². The fourth-order valence-electron chi connectivity index (χ4n) is 7.97. The lowest BCUT2D eigenvalue weighted by atomic mass is 9.85. The molecule has 0 aliphatic heterocycles. The van der Waals surface area contributed by atoms with Gasteiger partial charge >= 0.3 is 0 Å². The van der Waals surface area contributed by atoms with Gasteiger partial charge in [0.1, 0.15) is 0 Å². The van der Waals surface area contributed by atoms with Crippen molar-refractivity contribution in [2.45, 2.75) is 0 Å². The minimum atomic E-state index is 0.814. The molecular formula is C55H37N3. The monoisotopic (exact) mass is 739 g/mol. The summed E-state index contributed by atoms with van der Waals surface area (Å²) >= 11 is 0. The van der Waals surface area contributed by atoms with Crippen molar-refractivity contribution in [3.8, 4) is 89.5 Å². The molecular weight excluding hydrogens is 703 g/mol. The summed E-state index contributed by atoms with van der Waals surface area (Å²) in [5.41, 5.74) is 17.4. The summed E-state index contributed by atoms with van der Waals surface area (Å²) < 4.78 is 0. The van der Waals surface area contributed by atoms with Crippen LogP contribution < -0.4 is 0 Å². The summed E-state index contributed by atoms with van der Waals surface area (Å²) in [4.78, 5) is 15.9. The van der Waals surface area contributed by atoms with Crippen LogP contribution in [0.15, 0.2) is 225 Å². The molecule has 272 valence electrons. The van der Waals surface area contributed by atoms with Crippen LogP contribution in [0.1, 0.15) is 0 Å². The van der Waals surface area contributed by atoms with Gasteiger partial charge in [-0.1, -0.05) is 194 Å². The smallest absolute Gasteiger partial charge is 0.0973 e. The molecule has 0 unspecified atom stereocenters. The fraction of sp³-hybridized carbons (Fsp3) is 0.